The van der Waals surface area contributed by atoms with Gasteiger partial charge in [0.15, 0.2) is 0 Å². The average Bonchev–Trinajstić information content (AvgIpc) is 3.20. The Morgan fingerprint density at radius 1 is 0.812 bits per heavy atom. The molecule has 2 heterocycles. The van der Waals surface area contributed by atoms with Crippen molar-refractivity contribution < 1.29 is 9.59 Å². The van der Waals surface area contributed by atoms with E-state index >= 15 is 0 Å². The van der Waals surface area contributed by atoms with Crippen molar-refractivity contribution in [3.8, 4) is 0 Å². The predicted octanol–water partition coefficient (Wildman–Crippen LogP) is 4.67. The molecular weight excluding hydrogens is 400 g/mol. The molecule has 0 atom stereocenters. The summed E-state index contributed by atoms with van der Waals surface area (Å²) in [6, 6.07) is 15.1. The van der Waals surface area contributed by atoms with Gasteiger partial charge in [0.1, 0.15) is 0 Å². The molecule has 2 aromatic carbocycles. The minimum Gasteiger partial charge on any atom is -0.351 e. The van der Waals surface area contributed by atoms with E-state index in [0.717, 1.165) is 44.6 Å². The van der Waals surface area contributed by atoms with Crippen molar-refractivity contribution in [2.45, 2.75) is 44.9 Å². The van der Waals surface area contributed by atoms with Crippen molar-refractivity contribution in [1.29, 1.82) is 0 Å². The van der Waals surface area contributed by atoms with Gasteiger partial charge < -0.3 is 15.5 Å². The Bertz CT molecular complexity index is 904. The molecule has 1 fully saturated rings. The van der Waals surface area contributed by atoms with E-state index in [2.05, 4.69) is 21.6 Å². The maximum absolute atomic E-state index is 12.9. The standard InChI is InChI=1S/C26H34N4O2/c31-25(27-16-20-29-17-6-1-2-7-18-29)22-12-14-23(15-13-22)28-26(32)30-19-8-5-10-21-9-3-4-11-24(21)30/h3-4,9,11-15H,1-2,5-8,10,16-20H2,(H,27,31)(H,28,32). The molecule has 0 aliphatic carbocycles. The summed E-state index contributed by atoms with van der Waals surface area (Å²) in [6.45, 7) is 4.53. The minimum atomic E-state index is -0.131. The molecule has 4 rings (SSSR count). The number of nitrogens with one attached hydrogen (secondary N) is 2. The number of carbonyl (C=O) groups excluding carboxylic acids is 2. The molecule has 0 radical (unpaired) electrons. The first-order valence-corrected chi connectivity index (χ1v) is 12.0. The van der Waals surface area contributed by atoms with Crippen LogP contribution in [0.2, 0.25) is 0 Å². The number of amides is 3. The number of benzene rings is 2. The quantitative estimate of drug-likeness (QED) is 0.719. The van der Waals surface area contributed by atoms with Crippen LogP contribution < -0.4 is 15.5 Å². The smallest absolute Gasteiger partial charge is 0.326 e. The first-order chi connectivity index (χ1) is 15.7. The van der Waals surface area contributed by atoms with Crippen molar-refractivity contribution in [3.63, 3.8) is 0 Å². The molecule has 0 saturated carbocycles. The molecule has 6 heteroatoms. The van der Waals surface area contributed by atoms with Gasteiger partial charge in [0.25, 0.3) is 5.91 Å². The summed E-state index contributed by atoms with van der Waals surface area (Å²) < 4.78 is 0. The number of para-hydroxylation sites is 1. The third-order valence-electron chi connectivity index (χ3n) is 6.42. The Kier molecular flexibility index (Phi) is 7.77. The van der Waals surface area contributed by atoms with Gasteiger partial charge in [0, 0.05) is 36.6 Å². The Morgan fingerprint density at radius 3 is 2.31 bits per heavy atom. The first-order valence-electron chi connectivity index (χ1n) is 12.0. The third-order valence-corrected chi connectivity index (χ3v) is 6.42. The van der Waals surface area contributed by atoms with Gasteiger partial charge in [0.2, 0.25) is 0 Å². The largest absolute Gasteiger partial charge is 0.351 e. The Balaban J connectivity index is 1.29. The normalized spacial score (nSPS) is 17.1. The number of hydrogen-bond donors (Lipinski definition) is 2. The highest BCUT2D eigenvalue weighted by molar-refractivity contribution is 6.02. The van der Waals surface area contributed by atoms with E-state index in [-0.39, 0.29) is 11.9 Å². The number of anilines is 2. The maximum atomic E-state index is 12.9. The monoisotopic (exact) mass is 434 g/mol. The van der Waals surface area contributed by atoms with Crippen LogP contribution in [0.4, 0.5) is 16.2 Å². The lowest BCUT2D eigenvalue weighted by molar-refractivity contribution is 0.0948. The van der Waals surface area contributed by atoms with Crippen molar-refractivity contribution in [2.24, 2.45) is 0 Å². The second kappa shape index (κ2) is 11.1. The molecular formula is C26H34N4O2. The van der Waals surface area contributed by atoms with Crippen LogP contribution in [0.1, 0.15) is 54.4 Å². The van der Waals surface area contributed by atoms with Crippen LogP contribution in [0.15, 0.2) is 48.5 Å². The molecule has 2 N–H and O–H groups in total. The number of carbonyl (C=O) groups is 2. The molecule has 3 amide bonds. The van der Waals surface area contributed by atoms with Crippen molar-refractivity contribution in [3.05, 3.63) is 59.7 Å². The first kappa shape index (κ1) is 22.3. The summed E-state index contributed by atoms with van der Waals surface area (Å²) in [4.78, 5) is 29.7. The second-order valence-electron chi connectivity index (χ2n) is 8.76. The molecule has 6 nitrogen and oxygen atoms in total. The number of hydrogen-bond acceptors (Lipinski definition) is 3. The number of aryl methyl sites for hydroxylation is 1. The summed E-state index contributed by atoms with van der Waals surface area (Å²) in [5, 5.41) is 6.01. The lowest BCUT2D eigenvalue weighted by atomic mass is 10.1. The molecule has 0 aromatic heterocycles. The lowest BCUT2D eigenvalue weighted by Crippen LogP contribution is -2.36. The fraction of sp³-hybridized carbons (Fsp3) is 0.462. The maximum Gasteiger partial charge on any atom is 0.326 e. The van der Waals surface area contributed by atoms with Crippen LogP contribution in [-0.4, -0.2) is 49.6 Å². The summed E-state index contributed by atoms with van der Waals surface area (Å²) >= 11 is 0. The molecule has 32 heavy (non-hydrogen) atoms. The highest BCUT2D eigenvalue weighted by Crippen LogP contribution is 2.26. The van der Waals surface area contributed by atoms with Crippen LogP contribution in [0.5, 0.6) is 0 Å². The SMILES string of the molecule is O=C(NCCN1CCCCCC1)c1ccc(NC(=O)N2CCCCc3ccccc32)cc1. The highest BCUT2D eigenvalue weighted by Gasteiger charge is 2.21. The highest BCUT2D eigenvalue weighted by atomic mass is 16.2. The predicted molar refractivity (Wildman–Crippen MR) is 129 cm³/mol. The zero-order chi connectivity index (χ0) is 22.2. The Labute approximate surface area is 191 Å². The van der Waals surface area contributed by atoms with Crippen LogP contribution in [-0.2, 0) is 6.42 Å². The number of nitrogens with zero attached hydrogens (tertiary/aromatic N) is 2. The number of rotatable bonds is 5. The minimum absolute atomic E-state index is 0.0702. The molecule has 2 aliphatic rings. The lowest BCUT2D eigenvalue weighted by Gasteiger charge is -2.23. The van der Waals surface area contributed by atoms with Gasteiger partial charge in [-0.2, -0.15) is 0 Å². The molecule has 2 aromatic rings. The second-order valence-corrected chi connectivity index (χ2v) is 8.76. The Morgan fingerprint density at radius 2 is 1.53 bits per heavy atom. The molecule has 2 aliphatic heterocycles. The van der Waals surface area contributed by atoms with Gasteiger partial charge in [-0.15, -0.1) is 0 Å². The van der Waals surface area contributed by atoms with E-state index in [1.807, 2.05) is 23.1 Å². The zero-order valence-electron chi connectivity index (χ0n) is 18.8. The van der Waals surface area contributed by atoms with Crippen molar-refractivity contribution >= 4 is 23.3 Å². The zero-order valence-corrected chi connectivity index (χ0v) is 18.8. The molecule has 170 valence electrons. The third kappa shape index (κ3) is 5.88. The van der Waals surface area contributed by atoms with E-state index in [1.165, 1.54) is 31.2 Å². The molecule has 1 saturated heterocycles. The molecule has 0 unspecified atom stereocenters. The van der Waals surface area contributed by atoms with E-state index in [1.54, 1.807) is 24.3 Å². The number of fused-ring (bicyclic) bond motifs is 1. The van der Waals surface area contributed by atoms with E-state index in [0.29, 0.717) is 24.3 Å². The van der Waals surface area contributed by atoms with Crippen molar-refractivity contribution in [2.75, 3.05) is 42.9 Å². The van der Waals surface area contributed by atoms with E-state index < -0.39 is 0 Å². The van der Waals surface area contributed by atoms with Gasteiger partial charge in [-0.3, -0.25) is 9.69 Å². The number of likely N-dealkylation sites (tertiary alicyclic amines) is 1. The fourth-order valence-electron chi connectivity index (χ4n) is 4.59. The van der Waals surface area contributed by atoms with E-state index in [4.69, 9.17) is 0 Å². The van der Waals surface area contributed by atoms with Gasteiger partial charge >= 0.3 is 6.03 Å². The van der Waals surface area contributed by atoms with Gasteiger partial charge in [-0.05, 0) is 81.1 Å². The summed E-state index contributed by atoms with van der Waals surface area (Å²) in [7, 11) is 0. The van der Waals surface area contributed by atoms with Gasteiger partial charge in [0.05, 0.1) is 0 Å². The van der Waals surface area contributed by atoms with E-state index in [9.17, 15) is 9.59 Å². The fourth-order valence-corrected chi connectivity index (χ4v) is 4.59. The molecule has 0 bridgehead atoms. The Hall–Kier alpha value is -2.86. The average molecular weight is 435 g/mol. The van der Waals surface area contributed by atoms with Gasteiger partial charge in [-0.1, -0.05) is 31.0 Å². The van der Waals surface area contributed by atoms with Crippen LogP contribution in [0, 0.1) is 0 Å². The molecule has 0 spiro atoms. The van der Waals surface area contributed by atoms with Crippen LogP contribution >= 0.6 is 0 Å². The summed E-state index contributed by atoms with van der Waals surface area (Å²) in [5.74, 6) is -0.0702. The van der Waals surface area contributed by atoms with Crippen molar-refractivity contribution in [1.82, 2.24) is 10.2 Å². The topological polar surface area (TPSA) is 64.7 Å². The van der Waals surface area contributed by atoms with Crippen LogP contribution in [0.25, 0.3) is 0 Å². The van der Waals surface area contributed by atoms with Gasteiger partial charge in [-0.25, -0.2) is 4.79 Å². The van der Waals surface area contributed by atoms with Crippen LogP contribution in [0.3, 0.4) is 0 Å². The summed E-state index contributed by atoms with van der Waals surface area (Å²) in [6.07, 6.45) is 8.21. The number of urea groups is 1. The summed E-state index contributed by atoms with van der Waals surface area (Å²) in [5.41, 5.74) is 3.51.